The van der Waals surface area contributed by atoms with Crippen LogP contribution in [0.15, 0.2) is 101 Å². The fourth-order valence-electron chi connectivity index (χ4n) is 3.85. The number of benzene rings is 4. The monoisotopic (exact) mass is 509 g/mol. The summed E-state index contributed by atoms with van der Waals surface area (Å²) in [4.78, 5) is 12.6. The molecule has 9 heteroatoms. The van der Waals surface area contributed by atoms with Gasteiger partial charge in [-0.3, -0.25) is 9.36 Å². The lowest BCUT2D eigenvalue weighted by molar-refractivity contribution is -0.118. The Morgan fingerprint density at radius 2 is 1.76 bits per heavy atom. The Labute approximate surface area is 217 Å². The van der Waals surface area contributed by atoms with Crippen molar-refractivity contribution < 1.29 is 14.6 Å². The van der Waals surface area contributed by atoms with Gasteiger partial charge in [0.05, 0.1) is 19.1 Å². The lowest BCUT2D eigenvalue weighted by Gasteiger charge is -2.11. The first kappa shape index (κ1) is 24.1. The summed E-state index contributed by atoms with van der Waals surface area (Å²) in [7, 11) is 1.62. The molecule has 0 spiro atoms. The number of aromatic hydroxyl groups is 1. The SMILES string of the molecule is COc1ccc(-n2c(SCC(=O)NN=Cc3c(O)ccc4ccccc34)nnc2-c2ccccc2)cc1. The van der Waals surface area contributed by atoms with Crippen LogP contribution < -0.4 is 10.2 Å². The molecule has 0 aliphatic heterocycles. The fourth-order valence-corrected chi connectivity index (χ4v) is 4.60. The topological polar surface area (TPSA) is 102 Å². The highest BCUT2D eigenvalue weighted by Crippen LogP contribution is 2.29. The average Bonchev–Trinajstić information content (AvgIpc) is 3.37. The molecule has 0 atom stereocenters. The Morgan fingerprint density at radius 3 is 2.54 bits per heavy atom. The van der Waals surface area contributed by atoms with Gasteiger partial charge in [-0.15, -0.1) is 10.2 Å². The second-order valence-corrected chi connectivity index (χ2v) is 8.95. The first-order valence-corrected chi connectivity index (χ1v) is 12.4. The number of fused-ring (bicyclic) bond motifs is 1. The number of ether oxygens (including phenoxy) is 1. The maximum Gasteiger partial charge on any atom is 0.250 e. The summed E-state index contributed by atoms with van der Waals surface area (Å²) in [5, 5.41) is 25.4. The molecule has 4 aromatic carbocycles. The van der Waals surface area contributed by atoms with Crippen LogP contribution in [0, 0.1) is 0 Å². The van der Waals surface area contributed by atoms with E-state index in [0.29, 0.717) is 16.5 Å². The Morgan fingerprint density at radius 1 is 1.00 bits per heavy atom. The number of nitrogens with one attached hydrogen (secondary N) is 1. The van der Waals surface area contributed by atoms with E-state index >= 15 is 0 Å². The number of phenolic OH excluding ortho intramolecular Hbond substituents is 1. The van der Waals surface area contributed by atoms with E-state index in [9.17, 15) is 9.90 Å². The first-order chi connectivity index (χ1) is 18.1. The van der Waals surface area contributed by atoms with Gasteiger partial charge < -0.3 is 9.84 Å². The molecule has 8 nitrogen and oxygen atoms in total. The van der Waals surface area contributed by atoms with Crippen molar-refractivity contribution in [2.24, 2.45) is 5.10 Å². The largest absolute Gasteiger partial charge is 0.507 e. The molecule has 5 rings (SSSR count). The summed E-state index contributed by atoms with van der Waals surface area (Å²) in [6.07, 6.45) is 1.45. The molecular weight excluding hydrogens is 486 g/mol. The predicted molar refractivity (Wildman–Crippen MR) is 145 cm³/mol. The van der Waals surface area contributed by atoms with E-state index in [4.69, 9.17) is 4.74 Å². The molecule has 0 saturated heterocycles. The molecule has 1 heterocycles. The lowest BCUT2D eigenvalue weighted by atomic mass is 10.0. The maximum atomic E-state index is 12.6. The lowest BCUT2D eigenvalue weighted by Crippen LogP contribution is -2.20. The second kappa shape index (κ2) is 11.0. The zero-order valence-electron chi connectivity index (χ0n) is 19.9. The average molecular weight is 510 g/mol. The van der Waals surface area contributed by atoms with Crippen LogP contribution in [0.2, 0.25) is 0 Å². The number of thioether (sulfide) groups is 1. The van der Waals surface area contributed by atoms with Gasteiger partial charge in [0.15, 0.2) is 11.0 Å². The summed E-state index contributed by atoms with van der Waals surface area (Å²) >= 11 is 1.25. The van der Waals surface area contributed by atoms with Gasteiger partial charge in [0.1, 0.15) is 11.5 Å². The Balaban J connectivity index is 1.33. The molecule has 1 amide bonds. The van der Waals surface area contributed by atoms with E-state index in [2.05, 4.69) is 20.7 Å². The van der Waals surface area contributed by atoms with Crippen LogP contribution in [0.4, 0.5) is 0 Å². The molecule has 2 N–H and O–H groups in total. The molecule has 0 radical (unpaired) electrons. The van der Waals surface area contributed by atoms with Crippen molar-refractivity contribution in [3.05, 3.63) is 96.6 Å². The number of aromatic nitrogens is 3. The number of nitrogens with zero attached hydrogens (tertiary/aromatic N) is 4. The first-order valence-electron chi connectivity index (χ1n) is 11.4. The van der Waals surface area contributed by atoms with Crippen LogP contribution in [0.5, 0.6) is 11.5 Å². The van der Waals surface area contributed by atoms with Gasteiger partial charge in [0.2, 0.25) is 0 Å². The van der Waals surface area contributed by atoms with Gasteiger partial charge in [-0.2, -0.15) is 5.10 Å². The second-order valence-electron chi connectivity index (χ2n) is 8.01. The van der Waals surface area contributed by atoms with Crippen molar-refractivity contribution in [3.8, 4) is 28.6 Å². The quantitative estimate of drug-likeness (QED) is 0.173. The summed E-state index contributed by atoms with van der Waals surface area (Å²) in [6, 6.07) is 28.4. The number of rotatable bonds is 8. The number of carbonyl (C=O) groups is 1. The van der Waals surface area contributed by atoms with Crippen LogP contribution in [0.25, 0.3) is 27.8 Å². The van der Waals surface area contributed by atoms with E-state index < -0.39 is 0 Å². The molecule has 0 bridgehead atoms. The summed E-state index contributed by atoms with van der Waals surface area (Å²) in [6.45, 7) is 0. The van der Waals surface area contributed by atoms with E-state index in [1.165, 1.54) is 18.0 Å². The Bertz CT molecular complexity index is 1570. The summed E-state index contributed by atoms with van der Waals surface area (Å²) < 4.78 is 7.19. The van der Waals surface area contributed by atoms with Gasteiger partial charge in [0.25, 0.3) is 5.91 Å². The van der Waals surface area contributed by atoms with Crippen LogP contribution in [0.3, 0.4) is 0 Å². The molecule has 1 aromatic heterocycles. The van der Waals surface area contributed by atoms with Gasteiger partial charge in [-0.05, 0) is 41.1 Å². The van der Waals surface area contributed by atoms with Gasteiger partial charge >= 0.3 is 0 Å². The Hall–Kier alpha value is -4.63. The van der Waals surface area contributed by atoms with Crippen molar-refractivity contribution >= 4 is 34.7 Å². The van der Waals surface area contributed by atoms with Gasteiger partial charge in [0, 0.05) is 16.8 Å². The highest BCUT2D eigenvalue weighted by molar-refractivity contribution is 7.99. The molecular formula is C28H23N5O3S. The zero-order valence-corrected chi connectivity index (χ0v) is 20.7. The number of hydrogen-bond acceptors (Lipinski definition) is 7. The van der Waals surface area contributed by atoms with Crippen molar-refractivity contribution in [2.45, 2.75) is 5.16 Å². The number of hydrazone groups is 1. The molecule has 0 unspecified atom stereocenters. The maximum absolute atomic E-state index is 12.6. The van der Waals surface area contributed by atoms with E-state index in [1.54, 1.807) is 13.2 Å². The highest BCUT2D eigenvalue weighted by atomic mass is 32.2. The molecule has 0 saturated carbocycles. The summed E-state index contributed by atoms with van der Waals surface area (Å²) in [5.74, 6) is 1.25. The minimum Gasteiger partial charge on any atom is -0.507 e. The van der Waals surface area contributed by atoms with Crippen molar-refractivity contribution in [1.29, 1.82) is 0 Å². The smallest absolute Gasteiger partial charge is 0.250 e. The molecule has 0 aliphatic carbocycles. The van der Waals surface area contributed by atoms with Crippen LogP contribution in [-0.2, 0) is 4.79 Å². The van der Waals surface area contributed by atoms with Crippen molar-refractivity contribution in [2.75, 3.05) is 12.9 Å². The van der Waals surface area contributed by atoms with E-state index in [0.717, 1.165) is 27.8 Å². The number of carbonyl (C=O) groups excluding carboxylic acids is 1. The third-order valence-electron chi connectivity index (χ3n) is 5.66. The molecule has 37 heavy (non-hydrogen) atoms. The summed E-state index contributed by atoms with van der Waals surface area (Å²) in [5.41, 5.74) is 4.82. The fraction of sp³-hybridized carbons (Fsp3) is 0.0714. The highest BCUT2D eigenvalue weighted by Gasteiger charge is 2.17. The number of phenols is 1. The van der Waals surface area contributed by atoms with Crippen molar-refractivity contribution in [3.63, 3.8) is 0 Å². The third kappa shape index (κ3) is 5.31. The number of hydrogen-bond donors (Lipinski definition) is 2. The zero-order chi connectivity index (χ0) is 25.6. The Kier molecular flexibility index (Phi) is 7.14. The van der Waals surface area contributed by atoms with Crippen LogP contribution in [0.1, 0.15) is 5.56 Å². The van der Waals surface area contributed by atoms with E-state index in [-0.39, 0.29) is 17.4 Å². The van der Waals surface area contributed by atoms with Crippen molar-refractivity contribution in [1.82, 2.24) is 20.2 Å². The van der Waals surface area contributed by atoms with Crippen LogP contribution >= 0.6 is 11.8 Å². The standard InChI is InChI=1S/C28H23N5O3S/c1-36-22-14-12-21(13-15-22)33-27(20-8-3-2-4-9-20)31-32-28(33)37-18-26(35)30-29-17-24-23-10-6-5-7-19(23)11-16-25(24)34/h2-17,34H,18H2,1H3,(H,30,35). The minimum absolute atomic E-state index is 0.0714. The molecule has 0 aliphatic rings. The van der Waals surface area contributed by atoms with E-state index in [1.807, 2.05) is 89.5 Å². The predicted octanol–water partition coefficient (Wildman–Crippen LogP) is 5.04. The number of methoxy groups -OCH3 is 1. The molecule has 5 aromatic rings. The van der Waals surface area contributed by atoms with Gasteiger partial charge in [-0.25, -0.2) is 5.43 Å². The molecule has 184 valence electrons. The van der Waals surface area contributed by atoms with Crippen LogP contribution in [-0.4, -0.2) is 44.9 Å². The normalized spacial score (nSPS) is 11.2. The number of amides is 1. The van der Waals surface area contributed by atoms with Gasteiger partial charge in [-0.1, -0.05) is 72.4 Å². The minimum atomic E-state index is -0.313. The molecule has 0 fully saturated rings. The third-order valence-corrected chi connectivity index (χ3v) is 6.59.